The third-order valence-corrected chi connectivity index (χ3v) is 5.32. The van der Waals surface area contributed by atoms with Crippen molar-refractivity contribution in [2.45, 2.75) is 18.5 Å². The van der Waals surface area contributed by atoms with Crippen molar-refractivity contribution in [3.05, 3.63) is 89.1 Å². The van der Waals surface area contributed by atoms with Crippen LogP contribution in [0.25, 0.3) is 28.1 Å². The molecule has 0 fully saturated rings. The number of halogens is 9. The molecule has 0 radical (unpaired) electrons. The highest BCUT2D eigenvalue weighted by Gasteiger charge is 2.37. The molecule has 0 spiro atoms. The van der Waals surface area contributed by atoms with Crippen LogP contribution in [0, 0.1) is 11.3 Å². The summed E-state index contributed by atoms with van der Waals surface area (Å²) in [5, 5.41) is 17.0. The van der Waals surface area contributed by atoms with Gasteiger partial charge in [0.1, 0.15) is 6.07 Å². The zero-order valence-electron chi connectivity index (χ0n) is 18.0. The number of benzene rings is 3. The molecule has 0 saturated heterocycles. The summed E-state index contributed by atoms with van der Waals surface area (Å²) in [4.78, 5) is 0. The number of hydrogen-bond donors (Lipinski definition) is 0. The summed E-state index contributed by atoms with van der Waals surface area (Å²) in [6.45, 7) is 0. The monoisotopic (exact) mass is 526 g/mol. The van der Waals surface area contributed by atoms with Gasteiger partial charge in [0.05, 0.1) is 39.8 Å². The fourth-order valence-corrected chi connectivity index (χ4v) is 3.55. The van der Waals surface area contributed by atoms with E-state index in [1.165, 1.54) is 30.3 Å². The summed E-state index contributed by atoms with van der Waals surface area (Å²) in [6, 6.07) is 11.0. The smallest absolute Gasteiger partial charge is 0.212 e. The van der Waals surface area contributed by atoms with Crippen molar-refractivity contribution < 1.29 is 39.5 Å². The molecule has 0 bridgehead atoms. The van der Waals surface area contributed by atoms with Crippen LogP contribution in [0.5, 0.6) is 0 Å². The van der Waals surface area contributed by atoms with E-state index in [4.69, 9.17) is 0 Å². The quantitative estimate of drug-likeness (QED) is 0.260. The van der Waals surface area contributed by atoms with Crippen LogP contribution >= 0.6 is 0 Å². The van der Waals surface area contributed by atoms with Crippen LogP contribution in [0.4, 0.5) is 39.5 Å². The lowest BCUT2D eigenvalue weighted by atomic mass is 10.00. The molecule has 1 aromatic heterocycles. The molecule has 0 atom stereocenters. The van der Waals surface area contributed by atoms with E-state index < -0.39 is 40.8 Å². The van der Waals surface area contributed by atoms with Crippen LogP contribution in [0.1, 0.15) is 22.3 Å². The Bertz CT molecular complexity index is 1460. The molecule has 190 valence electrons. The molecular formula is C24H11F9N4. The second-order valence-corrected chi connectivity index (χ2v) is 7.74. The fraction of sp³-hybridized carbons (Fsp3) is 0.125. The normalized spacial score (nSPS) is 12.4. The molecule has 0 amide bonds. The Morgan fingerprint density at radius 1 is 0.622 bits per heavy atom. The Hall–Kier alpha value is -4.34. The van der Waals surface area contributed by atoms with Crippen molar-refractivity contribution in [1.82, 2.24) is 15.0 Å². The molecular weight excluding hydrogens is 515 g/mol. The first-order valence-electron chi connectivity index (χ1n) is 10.1. The van der Waals surface area contributed by atoms with Gasteiger partial charge in [0.2, 0.25) is 0 Å². The van der Waals surface area contributed by atoms with Gasteiger partial charge in [-0.2, -0.15) is 44.8 Å². The predicted octanol–water partition coefficient (Wildman–Crippen LogP) is 7.53. The fourth-order valence-electron chi connectivity index (χ4n) is 3.55. The summed E-state index contributed by atoms with van der Waals surface area (Å²) in [6.07, 6.45) is -13.7. The van der Waals surface area contributed by atoms with Crippen LogP contribution in [0.15, 0.2) is 66.9 Å². The highest BCUT2D eigenvalue weighted by molar-refractivity contribution is 5.70. The average Bonchev–Trinajstić information content (AvgIpc) is 3.31. The maximum atomic E-state index is 13.3. The largest absolute Gasteiger partial charge is 0.416 e. The number of nitrogens with zero attached hydrogens (tertiary/aromatic N) is 4. The van der Waals surface area contributed by atoms with Crippen molar-refractivity contribution in [1.29, 1.82) is 5.26 Å². The van der Waals surface area contributed by atoms with Gasteiger partial charge in [-0.3, -0.25) is 0 Å². The molecule has 0 aliphatic carbocycles. The van der Waals surface area contributed by atoms with Crippen LogP contribution in [0.3, 0.4) is 0 Å². The molecule has 37 heavy (non-hydrogen) atoms. The maximum Gasteiger partial charge on any atom is 0.416 e. The van der Waals surface area contributed by atoms with Gasteiger partial charge in [0.25, 0.3) is 0 Å². The van der Waals surface area contributed by atoms with Crippen molar-refractivity contribution in [3.8, 4) is 34.1 Å². The third kappa shape index (κ3) is 5.28. The Balaban J connectivity index is 1.81. The highest BCUT2D eigenvalue weighted by atomic mass is 19.4. The number of aromatic nitrogens is 3. The summed E-state index contributed by atoms with van der Waals surface area (Å²) in [7, 11) is 0. The van der Waals surface area contributed by atoms with Crippen molar-refractivity contribution in [3.63, 3.8) is 0 Å². The summed E-state index contributed by atoms with van der Waals surface area (Å²) < 4.78 is 119. The van der Waals surface area contributed by atoms with Gasteiger partial charge in [0, 0.05) is 5.56 Å². The number of hydrogen-bond acceptors (Lipinski definition) is 3. The zero-order valence-corrected chi connectivity index (χ0v) is 18.0. The van der Waals surface area contributed by atoms with Gasteiger partial charge >= 0.3 is 18.5 Å². The van der Waals surface area contributed by atoms with Crippen molar-refractivity contribution >= 4 is 0 Å². The van der Waals surface area contributed by atoms with Gasteiger partial charge < -0.3 is 0 Å². The topological polar surface area (TPSA) is 54.5 Å². The second-order valence-electron chi connectivity index (χ2n) is 7.74. The lowest BCUT2D eigenvalue weighted by Crippen LogP contribution is -2.11. The van der Waals surface area contributed by atoms with Crippen molar-refractivity contribution in [2.24, 2.45) is 0 Å². The number of alkyl halides is 9. The predicted molar refractivity (Wildman–Crippen MR) is 112 cm³/mol. The standard InChI is InChI=1S/C24H11F9N4/c25-22(26,27)17-4-1-13(2-5-17)14-3-6-20(16(7-14)11-34)37-21(12-35-36-37)15-8-18(23(28,29)30)10-19(9-15)24(31,32)33/h1-10,12H. The van der Waals surface area contributed by atoms with E-state index in [-0.39, 0.29) is 23.0 Å². The van der Waals surface area contributed by atoms with Crippen LogP contribution in [-0.2, 0) is 18.5 Å². The van der Waals surface area contributed by atoms with E-state index in [1.807, 2.05) is 6.07 Å². The van der Waals surface area contributed by atoms with E-state index in [1.54, 1.807) is 0 Å². The molecule has 0 N–H and O–H groups in total. The Morgan fingerprint density at radius 2 is 1.16 bits per heavy atom. The molecule has 4 rings (SSSR count). The van der Waals surface area contributed by atoms with E-state index >= 15 is 0 Å². The van der Waals surface area contributed by atoms with Gasteiger partial charge in [0.15, 0.2) is 0 Å². The first-order chi connectivity index (χ1) is 17.2. The van der Waals surface area contributed by atoms with Crippen molar-refractivity contribution in [2.75, 3.05) is 0 Å². The minimum absolute atomic E-state index is 0.0167. The SMILES string of the molecule is N#Cc1cc(-c2ccc(C(F)(F)F)cc2)ccc1-n1nncc1-c1cc(C(F)(F)F)cc(C(F)(F)F)c1. The molecule has 0 aliphatic heterocycles. The van der Waals surface area contributed by atoms with Crippen LogP contribution in [0.2, 0.25) is 0 Å². The number of rotatable bonds is 3. The van der Waals surface area contributed by atoms with Crippen LogP contribution < -0.4 is 0 Å². The minimum atomic E-state index is -5.07. The molecule has 4 nitrogen and oxygen atoms in total. The van der Waals surface area contributed by atoms with E-state index in [9.17, 15) is 44.8 Å². The van der Waals surface area contributed by atoms with E-state index in [0.29, 0.717) is 23.3 Å². The minimum Gasteiger partial charge on any atom is -0.212 e. The second kappa shape index (κ2) is 8.95. The van der Waals surface area contributed by atoms with Gasteiger partial charge in [-0.05, 0) is 53.6 Å². The Morgan fingerprint density at radius 3 is 1.68 bits per heavy atom. The molecule has 1 heterocycles. The molecule has 0 aliphatic rings. The van der Waals surface area contributed by atoms with Crippen LogP contribution in [-0.4, -0.2) is 15.0 Å². The molecule has 0 unspecified atom stereocenters. The summed E-state index contributed by atoms with van der Waals surface area (Å²) in [5.74, 6) is 0. The summed E-state index contributed by atoms with van der Waals surface area (Å²) >= 11 is 0. The molecule has 4 aromatic rings. The Labute approximate surface area is 202 Å². The van der Waals surface area contributed by atoms with E-state index in [0.717, 1.165) is 23.0 Å². The first kappa shape index (κ1) is 25.7. The van der Waals surface area contributed by atoms with E-state index in [2.05, 4.69) is 10.3 Å². The Kier molecular flexibility index (Phi) is 6.23. The van der Waals surface area contributed by atoms with Gasteiger partial charge in [-0.1, -0.05) is 23.4 Å². The third-order valence-electron chi connectivity index (χ3n) is 5.32. The zero-order chi connectivity index (χ0) is 27.2. The summed E-state index contributed by atoms with van der Waals surface area (Å²) in [5.41, 5.74) is -4.15. The first-order valence-corrected chi connectivity index (χ1v) is 10.1. The number of nitriles is 1. The molecule has 13 heteroatoms. The van der Waals surface area contributed by atoms with Gasteiger partial charge in [-0.25, -0.2) is 4.68 Å². The molecule has 0 saturated carbocycles. The maximum absolute atomic E-state index is 13.3. The highest BCUT2D eigenvalue weighted by Crippen LogP contribution is 2.39. The lowest BCUT2D eigenvalue weighted by molar-refractivity contribution is -0.143. The lowest BCUT2D eigenvalue weighted by Gasteiger charge is -2.15. The average molecular weight is 526 g/mol. The molecule has 3 aromatic carbocycles. The van der Waals surface area contributed by atoms with Gasteiger partial charge in [-0.15, -0.1) is 5.10 Å².